The average Bonchev–Trinajstić information content (AvgIpc) is 2.94. The molecule has 2 aromatic heterocycles. The van der Waals surface area contributed by atoms with Gasteiger partial charge in [0.1, 0.15) is 17.9 Å². The summed E-state index contributed by atoms with van der Waals surface area (Å²) in [6.45, 7) is 4.26. The number of nitrogens with zero attached hydrogens (tertiary/aromatic N) is 5. The van der Waals surface area contributed by atoms with Crippen molar-refractivity contribution in [3.8, 4) is 12.1 Å². The molecular formula is C12H11N5O. The Morgan fingerprint density at radius 2 is 2.17 bits per heavy atom. The van der Waals surface area contributed by atoms with Crippen LogP contribution in [-0.2, 0) is 13.0 Å². The molecule has 0 aliphatic carbocycles. The lowest BCUT2D eigenvalue weighted by Gasteiger charge is -2.03. The van der Waals surface area contributed by atoms with Crippen LogP contribution in [0.5, 0.6) is 0 Å². The van der Waals surface area contributed by atoms with Crippen LogP contribution in [0.25, 0.3) is 0 Å². The molecule has 0 atom stereocenters. The fraction of sp³-hybridized carbons (Fsp3) is 0.333. The standard InChI is InChI=1S/C12H11N5O/c1-3-10-9(8(2)18-16-10)6-17-7-15-11(4-13)12(17)5-14/h7H,3,6H2,1-2H3. The van der Waals surface area contributed by atoms with Crippen molar-refractivity contribution < 1.29 is 4.52 Å². The van der Waals surface area contributed by atoms with E-state index in [4.69, 9.17) is 15.0 Å². The lowest BCUT2D eigenvalue weighted by Crippen LogP contribution is -2.04. The van der Waals surface area contributed by atoms with Gasteiger partial charge in [-0.2, -0.15) is 10.5 Å². The van der Waals surface area contributed by atoms with Gasteiger partial charge in [0.25, 0.3) is 0 Å². The van der Waals surface area contributed by atoms with Gasteiger partial charge in [0.05, 0.1) is 18.6 Å². The maximum absolute atomic E-state index is 9.04. The highest BCUT2D eigenvalue weighted by atomic mass is 16.5. The van der Waals surface area contributed by atoms with E-state index in [1.807, 2.05) is 26.0 Å². The number of nitriles is 2. The summed E-state index contributed by atoms with van der Waals surface area (Å²) < 4.78 is 6.77. The van der Waals surface area contributed by atoms with Crippen LogP contribution in [0.1, 0.15) is 35.3 Å². The Labute approximate surface area is 104 Å². The zero-order valence-corrected chi connectivity index (χ0v) is 10.1. The largest absolute Gasteiger partial charge is 0.361 e. The summed E-state index contributed by atoms with van der Waals surface area (Å²) in [6, 6.07) is 3.89. The van der Waals surface area contributed by atoms with E-state index in [1.165, 1.54) is 6.33 Å². The third-order valence-electron chi connectivity index (χ3n) is 2.78. The van der Waals surface area contributed by atoms with Crippen LogP contribution < -0.4 is 0 Å². The predicted molar refractivity (Wildman–Crippen MR) is 61.4 cm³/mol. The number of rotatable bonds is 3. The lowest BCUT2D eigenvalue weighted by molar-refractivity contribution is 0.390. The Hall–Kier alpha value is -2.60. The van der Waals surface area contributed by atoms with Crippen LogP contribution in [0, 0.1) is 29.6 Å². The first kappa shape index (κ1) is 11.9. The molecule has 0 N–H and O–H groups in total. The molecule has 0 radical (unpaired) electrons. The van der Waals surface area contributed by atoms with Crippen molar-refractivity contribution >= 4 is 0 Å². The summed E-state index contributed by atoms with van der Waals surface area (Å²) >= 11 is 0. The van der Waals surface area contributed by atoms with Gasteiger partial charge in [-0.05, 0) is 13.3 Å². The van der Waals surface area contributed by atoms with Crippen LogP contribution in [0.4, 0.5) is 0 Å². The molecule has 0 bridgehead atoms. The van der Waals surface area contributed by atoms with Gasteiger partial charge >= 0.3 is 0 Å². The first-order valence-corrected chi connectivity index (χ1v) is 5.50. The van der Waals surface area contributed by atoms with E-state index in [9.17, 15) is 0 Å². The van der Waals surface area contributed by atoms with Gasteiger partial charge < -0.3 is 9.09 Å². The van der Waals surface area contributed by atoms with Gasteiger partial charge in [0.15, 0.2) is 11.4 Å². The quantitative estimate of drug-likeness (QED) is 0.812. The smallest absolute Gasteiger partial charge is 0.176 e. The van der Waals surface area contributed by atoms with Gasteiger partial charge in [-0.1, -0.05) is 12.1 Å². The minimum atomic E-state index is 0.143. The Morgan fingerprint density at radius 3 is 2.78 bits per heavy atom. The Bertz CT molecular complexity index is 653. The summed E-state index contributed by atoms with van der Waals surface area (Å²) in [7, 11) is 0. The van der Waals surface area contributed by atoms with Crippen molar-refractivity contribution in [3.05, 3.63) is 34.7 Å². The predicted octanol–water partition coefficient (Wildman–Crippen LogP) is 1.53. The summed E-state index contributed by atoms with van der Waals surface area (Å²) in [5.41, 5.74) is 2.21. The highest BCUT2D eigenvalue weighted by molar-refractivity contribution is 5.37. The van der Waals surface area contributed by atoms with E-state index in [-0.39, 0.29) is 11.4 Å². The van der Waals surface area contributed by atoms with Crippen molar-refractivity contribution in [1.82, 2.24) is 14.7 Å². The Kier molecular flexibility index (Phi) is 3.11. The molecular weight excluding hydrogens is 230 g/mol. The van der Waals surface area contributed by atoms with Gasteiger partial charge in [-0.25, -0.2) is 4.98 Å². The first-order valence-electron chi connectivity index (χ1n) is 5.50. The molecule has 0 aliphatic rings. The van der Waals surface area contributed by atoms with Gasteiger partial charge in [0.2, 0.25) is 0 Å². The van der Waals surface area contributed by atoms with Crippen molar-refractivity contribution in [3.63, 3.8) is 0 Å². The molecule has 0 aromatic carbocycles. The zero-order chi connectivity index (χ0) is 13.1. The first-order chi connectivity index (χ1) is 8.71. The van der Waals surface area contributed by atoms with E-state index in [1.54, 1.807) is 4.57 Å². The monoisotopic (exact) mass is 241 g/mol. The normalized spacial score (nSPS) is 10.0. The minimum Gasteiger partial charge on any atom is -0.361 e. The number of aryl methyl sites for hydroxylation is 2. The Morgan fingerprint density at radius 1 is 1.39 bits per heavy atom. The number of imidazole rings is 1. The van der Waals surface area contributed by atoms with Crippen LogP contribution >= 0.6 is 0 Å². The van der Waals surface area contributed by atoms with Crippen LogP contribution in [0.3, 0.4) is 0 Å². The number of hydrogen-bond donors (Lipinski definition) is 0. The molecule has 0 amide bonds. The van der Waals surface area contributed by atoms with Gasteiger partial charge in [-0.3, -0.25) is 0 Å². The second-order valence-corrected chi connectivity index (χ2v) is 3.81. The van der Waals surface area contributed by atoms with Gasteiger partial charge in [0, 0.05) is 5.56 Å². The topological polar surface area (TPSA) is 91.4 Å². The third kappa shape index (κ3) is 1.85. The lowest BCUT2D eigenvalue weighted by atomic mass is 10.1. The molecule has 6 nitrogen and oxygen atoms in total. The van der Waals surface area contributed by atoms with Gasteiger partial charge in [-0.15, -0.1) is 0 Å². The van der Waals surface area contributed by atoms with Crippen LogP contribution in [0.2, 0.25) is 0 Å². The van der Waals surface area contributed by atoms with E-state index in [0.29, 0.717) is 6.54 Å². The average molecular weight is 241 g/mol. The molecule has 90 valence electrons. The summed E-state index contributed by atoms with van der Waals surface area (Å²) in [4.78, 5) is 3.90. The summed E-state index contributed by atoms with van der Waals surface area (Å²) in [5, 5.41) is 21.8. The summed E-state index contributed by atoms with van der Waals surface area (Å²) in [5.74, 6) is 0.725. The van der Waals surface area contributed by atoms with Crippen molar-refractivity contribution in [1.29, 1.82) is 10.5 Å². The van der Waals surface area contributed by atoms with E-state index < -0.39 is 0 Å². The molecule has 0 fully saturated rings. The highest BCUT2D eigenvalue weighted by Gasteiger charge is 2.15. The molecule has 6 heteroatoms. The molecule has 18 heavy (non-hydrogen) atoms. The van der Waals surface area contributed by atoms with Crippen LogP contribution in [0.15, 0.2) is 10.9 Å². The summed E-state index contributed by atoms with van der Waals surface area (Å²) in [6.07, 6.45) is 2.25. The molecule has 2 heterocycles. The van der Waals surface area contributed by atoms with Crippen LogP contribution in [-0.4, -0.2) is 14.7 Å². The second-order valence-electron chi connectivity index (χ2n) is 3.81. The molecule has 0 aliphatic heterocycles. The van der Waals surface area contributed by atoms with E-state index in [2.05, 4.69) is 10.1 Å². The number of hydrogen-bond acceptors (Lipinski definition) is 5. The number of aromatic nitrogens is 3. The molecule has 0 unspecified atom stereocenters. The van der Waals surface area contributed by atoms with E-state index in [0.717, 1.165) is 23.4 Å². The second kappa shape index (κ2) is 4.72. The fourth-order valence-electron chi connectivity index (χ4n) is 1.79. The van der Waals surface area contributed by atoms with Crippen molar-refractivity contribution in [2.45, 2.75) is 26.8 Å². The minimum absolute atomic E-state index is 0.143. The maximum Gasteiger partial charge on any atom is 0.176 e. The fourth-order valence-corrected chi connectivity index (χ4v) is 1.79. The Balaban J connectivity index is 2.41. The SMILES string of the molecule is CCc1noc(C)c1Cn1cnc(C#N)c1C#N. The third-order valence-corrected chi connectivity index (χ3v) is 2.78. The molecule has 0 spiro atoms. The maximum atomic E-state index is 9.04. The zero-order valence-electron chi connectivity index (χ0n) is 10.1. The molecule has 0 saturated heterocycles. The molecule has 2 aromatic rings. The van der Waals surface area contributed by atoms with E-state index >= 15 is 0 Å². The molecule has 2 rings (SSSR count). The molecule has 0 saturated carbocycles. The van der Waals surface area contributed by atoms with Crippen molar-refractivity contribution in [2.75, 3.05) is 0 Å². The highest BCUT2D eigenvalue weighted by Crippen LogP contribution is 2.17. The van der Waals surface area contributed by atoms with Crippen molar-refractivity contribution in [2.24, 2.45) is 0 Å².